The van der Waals surface area contributed by atoms with E-state index >= 15 is 0 Å². The number of hydrogen-bond donors (Lipinski definition) is 2. The average molecular weight is 363 g/mol. The molecule has 8 heteroatoms. The van der Waals surface area contributed by atoms with Gasteiger partial charge in [-0.25, -0.2) is 4.98 Å². The van der Waals surface area contributed by atoms with Gasteiger partial charge in [0, 0.05) is 6.07 Å². The van der Waals surface area contributed by atoms with Crippen molar-refractivity contribution in [1.29, 1.82) is 0 Å². The summed E-state index contributed by atoms with van der Waals surface area (Å²) < 4.78 is 11.7. The van der Waals surface area contributed by atoms with E-state index in [0.29, 0.717) is 22.4 Å². The Balaban J connectivity index is 2.29. The zero-order valence-corrected chi connectivity index (χ0v) is 15.5. The molecule has 0 saturated carbocycles. The van der Waals surface area contributed by atoms with Crippen LogP contribution in [0.3, 0.4) is 0 Å². The molecule has 0 aliphatic rings. The second-order valence-electron chi connectivity index (χ2n) is 6.14. The summed E-state index contributed by atoms with van der Waals surface area (Å²) in [6.07, 6.45) is 2.15. The molecule has 0 aliphatic carbocycles. The summed E-state index contributed by atoms with van der Waals surface area (Å²) in [5.41, 5.74) is 0.104. The first-order valence-electron chi connectivity index (χ1n) is 8.46. The number of hydrogen-bond acceptors (Lipinski definition) is 6. The fourth-order valence-corrected chi connectivity index (χ4v) is 2.66. The third-order valence-corrected chi connectivity index (χ3v) is 4.52. The molecule has 0 aliphatic heterocycles. The van der Waals surface area contributed by atoms with E-state index in [1.165, 1.54) is 25.1 Å². The smallest absolute Gasteiger partial charge is 0.261 e. The molecular formula is C18H25N3O5. The SMILES string of the molecule is CC[C@H](C)[C@H](CO)NC(=O)Cn1cnc2cc(OC)c(OC)cc2c1=O. The fraction of sp³-hybridized carbons (Fsp3) is 0.500. The number of carbonyl (C=O) groups is 1. The van der Waals surface area contributed by atoms with Gasteiger partial charge in [-0.2, -0.15) is 0 Å². The minimum absolute atomic E-state index is 0.132. The van der Waals surface area contributed by atoms with Crippen molar-refractivity contribution in [3.05, 3.63) is 28.8 Å². The lowest BCUT2D eigenvalue weighted by atomic mass is 10.00. The first-order valence-corrected chi connectivity index (χ1v) is 8.46. The van der Waals surface area contributed by atoms with Crippen LogP contribution in [0.25, 0.3) is 10.9 Å². The molecule has 0 unspecified atom stereocenters. The van der Waals surface area contributed by atoms with Crippen LogP contribution in [0.2, 0.25) is 0 Å². The Kier molecular flexibility index (Phi) is 6.57. The maximum Gasteiger partial charge on any atom is 0.261 e. The van der Waals surface area contributed by atoms with E-state index in [2.05, 4.69) is 10.3 Å². The number of amides is 1. The van der Waals surface area contributed by atoms with Crippen LogP contribution in [-0.2, 0) is 11.3 Å². The average Bonchev–Trinajstić information content (AvgIpc) is 2.66. The molecule has 0 radical (unpaired) electrons. The van der Waals surface area contributed by atoms with E-state index in [0.717, 1.165) is 6.42 Å². The molecular weight excluding hydrogens is 338 g/mol. The third-order valence-electron chi connectivity index (χ3n) is 4.52. The minimum atomic E-state index is -0.354. The Morgan fingerprint density at radius 1 is 1.31 bits per heavy atom. The minimum Gasteiger partial charge on any atom is -0.493 e. The Bertz CT molecular complexity index is 833. The number of aliphatic hydroxyl groups is 1. The molecule has 0 bridgehead atoms. The van der Waals surface area contributed by atoms with Gasteiger partial charge in [0.1, 0.15) is 6.54 Å². The number of nitrogens with zero attached hydrogens (tertiary/aromatic N) is 2. The molecule has 142 valence electrons. The predicted octanol–water partition coefficient (Wildman–Crippen LogP) is 0.937. The predicted molar refractivity (Wildman–Crippen MR) is 97.6 cm³/mol. The molecule has 0 saturated heterocycles. The highest BCUT2D eigenvalue weighted by atomic mass is 16.5. The molecule has 0 fully saturated rings. The topological polar surface area (TPSA) is 103 Å². The number of ether oxygens (including phenoxy) is 2. The van der Waals surface area contributed by atoms with Crippen LogP contribution in [-0.4, -0.2) is 47.4 Å². The summed E-state index contributed by atoms with van der Waals surface area (Å²) in [4.78, 5) is 29.2. The quantitative estimate of drug-likeness (QED) is 0.723. The molecule has 26 heavy (non-hydrogen) atoms. The van der Waals surface area contributed by atoms with Crippen LogP contribution < -0.4 is 20.3 Å². The number of aliphatic hydroxyl groups excluding tert-OH is 1. The lowest BCUT2D eigenvalue weighted by molar-refractivity contribution is -0.123. The summed E-state index contributed by atoms with van der Waals surface area (Å²) in [5.74, 6) is 0.667. The van der Waals surface area contributed by atoms with Crippen molar-refractivity contribution in [3.63, 3.8) is 0 Å². The van der Waals surface area contributed by atoms with E-state index in [-0.39, 0.29) is 36.6 Å². The van der Waals surface area contributed by atoms with E-state index in [1.54, 1.807) is 12.1 Å². The second kappa shape index (κ2) is 8.66. The zero-order valence-electron chi connectivity index (χ0n) is 15.5. The van der Waals surface area contributed by atoms with Crippen molar-refractivity contribution in [1.82, 2.24) is 14.9 Å². The van der Waals surface area contributed by atoms with Crippen LogP contribution in [0.4, 0.5) is 0 Å². The molecule has 0 spiro atoms. The van der Waals surface area contributed by atoms with E-state index in [9.17, 15) is 14.7 Å². The van der Waals surface area contributed by atoms with Gasteiger partial charge in [-0.05, 0) is 12.0 Å². The Hall–Kier alpha value is -2.61. The lowest BCUT2D eigenvalue weighted by Crippen LogP contribution is -2.44. The van der Waals surface area contributed by atoms with Crippen LogP contribution in [0.1, 0.15) is 20.3 Å². The van der Waals surface area contributed by atoms with Gasteiger partial charge in [-0.15, -0.1) is 0 Å². The van der Waals surface area contributed by atoms with Crippen molar-refractivity contribution >= 4 is 16.8 Å². The number of fused-ring (bicyclic) bond motifs is 1. The Morgan fingerprint density at radius 3 is 2.54 bits per heavy atom. The normalized spacial score (nSPS) is 13.3. The van der Waals surface area contributed by atoms with Gasteiger partial charge < -0.3 is 19.9 Å². The van der Waals surface area contributed by atoms with Crippen molar-refractivity contribution in [2.24, 2.45) is 5.92 Å². The summed E-state index contributed by atoms with van der Waals surface area (Å²) >= 11 is 0. The molecule has 8 nitrogen and oxygen atoms in total. The highest BCUT2D eigenvalue weighted by Crippen LogP contribution is 2.29. The maximum atomic E-state index is 12.7. The van der Waals surface area contributed by atoms with Gasteiger partial charge in [0.2, 0.25) is 5.91 Å². The van der Waals surface area contributed by atoms with E-state index in [1.807, 2.05) is 13.8 Å². The second-order valence-corrected chi connectivity index (χ2v) is 6.14. The molecule has 2 rings (SSSR count). The van der Waals surface area contributed by atoms with Crippen LogP contribution >= 0.6 is 0 Å². The fourth-order valence-electron chi connectivity index (χ4n) is 2.66. The molecule has 1 heterocycles. The first kappa shape index (κ1) is 19.7. The van der Waals surface area contributed by atoms with Crippen LogP contribution in [0, 0.1) is 5.92 Å². The van der Waals surface area contributed by atoms with Crippen LogP contribution in [0.5, 0.6) is 11.5 Å². The number of aromatic nitrogens is 2. The van der Waals surface area contributed by atoms with Crippen LogP contribution in [0.15, 0.2) is 23.3 Å². The largest absolute Gasteiger partial charge is 0.493 e. The number of carbonyl (C=O) groups excluding carboxylic acids is 1. The standard InChI is InChI=1S/C18H25N3O5/c1-5-11(2)14(9-22)20-17(23)8-21-10-19-13-7-16(26-4)15(25-3)6-12(13)18(21)24/h6-7,10-11,14,22H,5,8-9H2,1-4H3,(H,20,23)/t11-,14-/m0/s1. The van der Waals surface area contributed by atoms with Gasteiger partial charge in [-0.1, -0.05) is 20.3 Å². The van der Waals surface area contributed by atoms with Gasteiger partial charge in [0.15, 0.2) is 11.5 Å². The first-order chi connectivity index (χ1) is 12.4. The third kappa shape index (κ3) is 4.13. The summed E-state index contributed by atoms with van der Waals surface area (Å²) in [6.45, 7) is 3.61. The lowest BCUT2D eigenvalue weighted by Gasteiger charge is -2.22. The molecule has 2 atom stereocenters. The van der Waals surface area contributed by atoms with Crippen molar-refractivity contribution in [2.75, 3.05) is 20.8 Å². The van der Waals surface area contributed by atoms with E-state index in [4.69, 9.17) is 9.47 Å². The number of rotatable bonds is 8. The highest BCUT2D eigenvalue weighted by Gasteiger charge is 2.18. The molecule has 1 amide bonds. The molecule has 2 N–H and O–H groups in total. The van der Waals surface area contributed by atoms with Crippen molar-refractivity contribution in [2.45, 2.75) is 32.9 Å². The summed E-state index contributed by atoms with van der Waals surface area (Å²) in [7, 11) is 2.99. The number of nitrogens with one attached hydrogen (secondary N) is 1. The Morgan fingerprint density at radius 2 is 1.96 bits per heavy atom. The number of benzene rings is 1. The molecule has 1 aromatic heterocycles. The van der Waals surface area contributed by atoms with Crippen molar-refractivity contribution < 1.29 is 19.4 Å². The van der Waals surface area contributed by atoms with Crippen molar-refractivity contribution in [3.8, 4) is 11.5 Å². The number of methoxy groups -OCH3 is 2. The summed E-state index contributed by atoms with van der Waals surface area (Å²) in [6, 6.07) is 2.82. The van der Waals surface area contributed by atoms with Gasteiger partial charge >= 0.3 is 0 Å². The monoisotopic (exact) mass is 363 g/mol. The zero-order chi connectivity index (χ0) is 19.3. The van der Waals surface area contributed by atoms with Gasteiger partial charge in [-0.3, -0.25) is 14.2 Å². The molecule has 2 aromatic rings. The Labute approximate surface area is 151 Å². The highest BCUT2D eigenvalue weighted by molar-refractivity contribution is 5.82. The van der Waals surface area contributed by atoms with E-state index < -0.39 is 0 Å². The maximum absolute atomic E-state index is 12.7. The summed E-state index contributed by atoms with van der Waals surface area (Å²) in [5, 5.41) is 12.5. The van der Waals surface area contributed by atoms with Gasteiger partial charge in [0.05, 0.1) is 44.1 Å². The molecule has 1 aromatic carbocycles. The van der Waals surface area contributed by atoms with Gasteiger partial charge in [0.25, 0.3) is 5.56 Å².